The quantitative estimate of drug-likeness (QED) is 0.228. The van der Waals surface area contributed by atoms with Crippen molar-refractivity contribution in [3.8, 4) is 11.5 Å². The highest BCUT2D eigenvalue weighted by molar-refractivity contribution is 7.87. The van der Waals surface area contributed by atoms with Gasteiger partial charge in [-0.2, -0.15) is 8.42 Å². The Morgan fingerprint density at radius 2 is 1.81 bits per heavy atom. The third-order valence-electron chi connectivity index (χ3n) is 3.39. The molecule has 0 bridgehead atoms. The highest BCUT2D eigenvalue weighted by Gasteiger charge is 2.23. The lowest BCUT2D eigenvalue weighted by Gasteiger charge is -2.12. The van der Waals surface area contributed by atoms with Gasteiger partial charge in [-0.25, -0.2) is 0 Å². The molecule has 0 saturated carbocycles. The predicted molar refractivity (Wildman–Crippen MR) is 93.0 cm³/mol. The van der Waals surface area contributed by atoms with Crippen LogP contribution in [-0.2, 0) is 14.9 Å². The molecule has 0 aromatic heterocycles. The third kappa shape index (κ3) is 4.79. The number of carbonyl (C=O) groups excluding carboxylic acids is 1. The van der Waals surface area contributed by atoms with Crippen molar-refractivity contribution in [2.45, 2.75) is 25.2 Å². The average Bonchev–Trinajstić information content (AvgIpc) is 2.54. The Labute approximate surface area is 150 Å². The van der Waals surface area contributed by atoms with Gasteiger partial charge >= 0.3 is 10.1 Å². The fraction of sp³-hybridized carbons (Fsp3) is 0.235. The monoisotopic (exact) mass is 379 g/mol. The summed E-state index contributed by atoms with van der Waals surface area (Å²) in [6.45, 7) is 3.40. The molecule has 0 atom stereocenters. The number of aryl methyl sites for hydroxylation is 2. The second-order valence-corrected chi connectivity index (χ2v) is 7.04. The first-order chi connectivity index (χ1) is 12.2. The second kappa shape index (κ2) is 7.96. The van der Waals surface area contributed by atoms with Crippen LogP contribution in [0.3, 0.4) is 0 Å². The number of hydrogen-bond donors (Lipinski definition) is 0. The molecule has 0 saturated heterocycles. The van der Waals surface area contributed by atoms with Gasteiger partial charge in [0.2, 0.25) is 0 Å². The number of non-ortho nitro benzene ring substituents is 1. The molecule has 0 spiro atoms. The van der Waals surface area contributed by atoms with Gasteiger partial charge in [-0.1, -0.05) is 6.07 Å². The Morgan fingerprint density at radius 3 is 2.46 bits per heavy atom. The van der Waals surface area contributed by atoms with Crippen molar-refractivity contribution < 1.29 is 27.1 Å². The van der Waals surface area contributed by atoms with Gasteiger partial charge in [-0.15, -0.1) is 0 Å². The minimum absolute atomic E-state index is 0.0111. The van der Waals surface area contributed by atoms with Gasteiger partial charge in [0.05, 0.1) is 11.5 Å². The van der Waals surface area contributed by atoms with E-state index in [4.69, 9.17) is 8.92 Å². The Hall–Kier alpha value is -2.94. The van der Waals surface area contributed by atoms with E-state index in [1.54, 1.807) is 13.0 Å². The van der Waals surface area contributed by atoms with E-state index >= 15 is 0 Å². The maximum absolute atomic E-state index is 12.5. The number of nitro benzene ring substituents is 1. The van der Waals surface area contributed by atoms with Crippen LogP contribution in [0.4, 0.5) is 5.69 Å². The topological polar surface area (TPSA) is 113 Å². The summed E-state index contributed by atoms with van der Waals surface area (Å²) in [6, 6.07) is 8.07. The van der Waals surface area contributed by atoms with Crippen LogP contribution < -0.4 is 8.92 Å². The van der Waals surface area contributed by atoms with Crippen LogP contribution in [0.2, 0.25) is 0 Å². The lowest BCUT2D eigenvalue weighted by molar-refractivity contribution is -0.385. The number of rotatable bonds is 8. The van der Waals surface area contributed by atoms with Gasteiger partial charge < -0.3 is 13.7 Å². The van der Waals surface area contributed by atoms with Gasteiger partial charge in [0.15, 0.2) is 0 Å². The van der Waals surface area contributed by atoms with Crippen LogP contribution in [0.5, 0.6) is 11.5 Å². The number of benzene rings is 2. The van der Waals surface area contributed by atoms with Crippen molar-refractivity contribution in [1.82, 2.24) is 0 Å². The van der Waals surface area contributed by atoms with Crippen molar-refractivity contribution in [1.29, 1.82) is 0 Å². The smallest absolute Gasteiger partial charge is 0.339 e. The predicted octanol–water partition coefficient (Wildman–Crippen LogP) is 2.95. The molecule has 0 fully saturated rings. The average molecular weight is 379 g/mol. The Bertz CT molecular complexity index is 938. The minimum atomic E-state index is -4.27. The van der Waals surface area contributed by atoms with E-state index in [2.05, 4.69) is 0 Å². The fourth-order valence-electron chi connectivity index (χ4n) is 2.21. The molecule has 2 rings (SSSR count). The first-order valence-corrected chi connectivity index (χ1v) is 9.01. The van der Waals surface area contributed by atoms with E-state index in [0.29, 0.717) is 23.2 Å². The summed E-state index contributed by atoms with van der Waals surface area (Å²) in [5.41, 5.74) is 0.667. The zero-order valence-electron chi connectivity index (χ0n) is 14.2. The summed E-state index contributed by atoms with van der Waals surface area (Å²) < 4.78 is 35.6. The fourth-order valence-corrected chi connectivity index (χ4v) is 3.38. The van der Waals surface area contributed by atoms with Crippen LogP contribution in [-0.4, -0.2) is 26.2 Å². The summed E-state index contributed by atoms with van der Waals surface area (Å²) in [7, 11) is -4.27. The number of ether oxygens (including phenoxy) is 1. The molecular weight excluding hydrogens is 362 g/mol. The minimum Gasteiger partial charge on any atom is -0.493 e. The molecule has 138 valence electrons. The van der Waals surface area contributed by atoms with Crippen LogP contribution in [0, 0.1) is 24.0 Å². The number of hydrogen-bond acceptors (Lipinski definition) is 7. The largest absolute Gasteiger partial charge is 0.493 e. The highest BCUT2D eigenvalue weighted by Crippen LogP contribution is 2.28. The summed E-state index contributed by atoms with van der Waals surface area (Å²) in [6.07, 6.45) is 0.915. The highest BCUT2D eigenvalue weighted by atomic mass is 32.2. The van der Waals surface area contributed by atoms with Gasteiger partial charge in [0.1, 0.15) is 22.7 Å². The van der Waals surface area contributed by atoms with Crippen LogP contribution in [0.1, 0.15) is 17.5 Å². The molecule has 0 aliphatic carbocycles. The van der Waals surface area contributed by atoms with Crippen LogP contribution in [0.25, 0.3) is 0 Å². The molecular formula is C17H17NO7S. The standard InChI is InChI=1S/C17H17NO7S/c1-12-8-15(24-7-3-6-19)11-16(9-12)25-26(22,23)17-10-14(18(20)21)5-4-13(17)2/h4-6,8-11H,3,7H2,1-2H3. The van der Waals surface area contributed by atoms with E-state index in [-0.39, 0.29) is 29.4 Å². The maximum atomic E-state index is 12.5. The normalized spacial score (nSPS) is 11.0. The van der Waals surface area contributed by atoms with Crippen LogP contribution in [0.15, 0.2) is 41.3 Å². The molecule has 0 amide bonds. The molecule has 0 unspecified atom stereocenters. The molecule has 26 heavy (non-hydrogen) atoms. The first kappa shape index (κ1) is 19.4. The number of nitro groups is 1. The van der Waals surface area contributed by atoms with E-state index in [0.717, 1.165) is 6.07 Å². The molecule has 2 aromatic carbocycles. The Morgan fingerprint density at radius 1 is 1.12 bits per heavy atom. The maximum Gasteiger partial charge on any atom is 0.339 e. The Kier molecular flexibility index (Phi) is 5.93. The molecule has 8 nitrogen and oxygen atoms in total. The summed E-state index contributed by atoms with van der Waals surface area (Å²) in [4.78, 5) is 20.3. The van der Waals surface area contributed by atoms with E-state index in [9.17, 15) is 23.3 Å². The number of carbonyl (C=O) groups is 1. The SMILES string of the molecule is Cc1cc(OCCC=O)cc(OS(=O)(=O)c2cc([N+](=O)[O-])ccc2C)c1. The van der Waals surface area contributed by atoms with Crippen molar-refractivity contribution in [3.05, 3.63) is 57.6 Å². The summed E-state index contributed by atoms with van der Waals surface area (Å²) in [5.74, 6) is 0.366. The van der Waals surface area contributed by atoms with Gasteiger partial charge in [0.25, 0.3) is 5.69 Å². The van der Waals surface area contributed by atoms with Gasteiger partial charge in [-0.05, 0) is 37.1 Å². The lowest BCUT2D eigenvalue weighted by atomic mass is 10.2. The number of nitrogens with zero attached hydrogens (tertiary/aromatic N) is 1. The van der Waals surface area contributed by atoms with E-state index in [1.165, 1.54) is 31.2 Å². The third-order valence-corrected chi connectivity index (χ3v) is 4.78. The molecule has 0 N–H and O–H groups in total. The lowest BCUT2D eigenvalue weighted by Crippen LogP contribution is -2.12. The van der Waals surface area contributed by atoms with E-state index in [1.807, 2.05) is 0 Å². The van der Waals surface area contributed by atoms with Crippen molar-refractivity contribution in [3.63, 3.8) is 0 Å². The first-order valence-electron chi connectivity index (χ1n) is 7.60. The summed E-state index contributed by atoms with van der Waals surface area (Å²) >= 11 is 0. The van der Waals surface area contributed by atoms with Gasteiger partial charge in [0, 0.05) is 24.6 Å². The van der Waals surface area contributed by atoms with Crippen molar-refractivity contribution in [2.24, 2.45) is 0 Å². The molecule has 0 aliphatic heterocycles. The zero-order valence-corrected chi connectivity index (χ0v) is 15.0. The molecule has 2 aromatic rings. The van der Waals surface area contributed by atoms with Gasteiger partial charge in [-0.3, -0.25) is 10.1 Å². The Balaban J connectivity index is 2.33. The van der Waals surface area contributed by atoms with Crippen molar-refractivity contribution >= 4 is 22.1 Å². The second-order valence-electron chi connectivity index (χ2n) is 5.53. The molecule has 9 heteroatoms. The van der Waals surface area contributed by atoms with Crippen molar-refractivity contribution in [2.75, 3.05) is 6.61 Å². The summed E-state index contributed by atoms with van der Waals surface area (Å²) in [5, 5.41) is 10.9. The zero-order chi connectivity index (χ0) is 19.3. The molecule has 0 heterocycles. The van der Waals surface area contributed by atoms with Crippen LogP contribution >= 0.6 is 0 Å². The number of aldehydes is 1. The van der Waals surface area contributed by atoms with E-state index < -0.39 is 15.0 Å². The molecule has 0 radical (unpaired) electrons. The molecule has 0 aliphatic rings.